The summed E-state index contributed by atoms with van der Waals surface area (Å²) in [5.74, 6) is -0.131. The number of hydrogen-bond acceptors (Lipinski definition) is 4. The maximum absolute atomic E-state index is 12.6. The van der Waals surface area contributed by atoms with Crippen molar-refractivity contribution in [1.82, 2.24) is 4.90 Å². The lowest BCUT2D eigenvalue weighted by molar-refractivity contribution is -0.151. The Balaban J connectivity index is 2.28. The van der Waals surface area contributed by atoms with Crippen molar-refractivity contribution in [1.29, 1.82) is 0 Å². The predicted octanol–water partition coefficient (Wildman–Crippen LogP) is 2.82. The van der Waals surface area contributed by atoms with Crippen molar-refractivity contribution >= 4 is 11.7 Å². The third-order valence-electron chi connectivity index (χ3n) is 4.47. The number of rotatable bonds is 4. The normalized spacial score (nSPS) is 26.4. The van der Waals surface area contributed by atoms with Crippen LogP contribution < -0.4 is 5.32 Å². The molecule has 2 atom stereocenters. The smallest absolute Gasteiger partial charge is 0.331 e. The molecular weight excluding hydrogens is 264 g/mol. The molecule has 4 nitrogen and oxygen atoms in total. The maximum atomic E-state index is 12.6. The predicted molar refractivity (Wildman–Crippen MR) is 85.5 cm³/mol. The topological polar surface area (TPSA) is 41.6 Å². The number of aryl methyl sites for hydroxylation is 1. The van der Waals surface area contributed by atoms with Crippen LogP contribution in [-0.4, -0.2) is 42.6 Å². The highest BCUT2D eigenvalue weighted by Crippen LogP contribution is 2.32. The summed E-state index contributed by atoms with van der Waals surface area (Å²) in [6, 6.07) is 8.43. The van der Waals surface area contributed by atoms with Crippen molar-refractivity contribution in [2.45, 2.75) is 45.2 Å². The molecule has 4 heteroatoms. The molecule has 0 aromatic heterocycles. The van der Waals surface area contributed by atoms with Crippen molar-refractivity contribution in [2.24, 2.45) is 0 Å². The van der Waals surface area contributed by atoms with Crippen LogP contribution in [0.4, 0.5) is 5.69 Å². The van der Waals surface area contributed by atoms with Gasteiger partial charge < -0.3 is 15.0 Å². The van der Waals surface area contributed by atoms with Gasteiger partial charge in [-0.25, -0.2) is 4.79 Å². The van der Waals surface area contributed by atoms with Gasteiger partial charge >= 0.3 is 5.97 Å². The fraction of sp³-hybridized carbons (Fsp3) is 0.588. The number of hydrogen-bond donors (Lipinski definition) is 1. The second-order valence-electron chi connectivity index (χ2n) is 6.03. The first-order chi connectivity index (χ1) is 9.98. The second kappa shape index (κ2) is 6.48. The van der Waals surface area contributed by atoms with Gasteiger partial charge in [0.25, 0.3) is 0 Å². The Bertz CT molecular complexity index is 503. The van der Waals surface area contributed by atoms with E-state index in [4.69, 9.17) is 4.74 Å². The van der Waals surface area contributed by atoms with Crippen LogP contribution in [0.25, 0.3) is 0 Å². The van der Waals surface area contributed by atoms with Gasteiger partial charge in [0.05, 0.1) is 6.61 Å². The number of piperidine rings is 1. The van der Waals surface area contributed by atoms with Crippen molar-refractivity contribution < 1.29 is 9.53 Å². The molecular formula is C17H26N2O2. The number of esters is 1. The van der Waals surface area contributed by atoms with Gasteiger partial charge in [0.15, 0.2) is 0 Å². The average Bonchev–Trinajstić information content (AvgIpc) is 2.46. The first-order valence-electron chi connectivity index (χ1n) is 7.70. The number of likely N-dealkylation sites (tertiary alicyclic amines) is 1. The molecule has 0 aliphatic carbocycles. The Morgan fingerprint density at radius 1 is 1.48 bits per heavy atom. The van der Waals surface area contributed by atoms with Crippen LogP contribution in [0.3, 0.4) is 0 Å². The Morgan fingerprint density at radius 3 is 2.81 bits per heavy atom. The van der Waals surface area contributed by atoms with Crippen molar-refractivity contribution in [2.75, 3.05) is 25.5 Å². The van der Waals surface area contributed by atoms with Crippen LogP contribution in [0.2, 0.25) is 0 Å². The molecule has 0 amide bonds. The number of nitrogens with one attached hydrogen (secondary N) is 1. The summed E-state index contributed by atoms with van der Waals surface area (Å²) in [5, 5.41) is 3.50. The van der Waals surface area contributed by atoms with Crippen molar-refractivity contribution in [3.05, 3.63) is 29.8 Å². The molecule has 0 spiro atoms. The van der Waals surface area contributed by atoms with Gasteiger partial charge in [-0.15, -0.1) is 0 Å². The third-order valence-corrected chi connectivity index (χ3v) is 4.47. The van der Waals surface area contributed by atoms with E-state index in [-0.39, 0.29) is 5.97 Å². The molecule has 1 fully saturated rings. The Hall–Kier alpha value is -1.55. The Kier molecular flexibility index (Phi) is 4.88. The van der Waals surface area contributed by atoms with Gasteiger partial charge in [-0.2, -0.15) is 0 Å². The van der Waals surface area contributed by atoms with Gasteiger partial charge in [-0.05, 0) is 52.3 Å². The van der Waals surface area contributed by atoms with Gasteiger partial charge in [0.1, 0.15) is 5.54 Å². The largest absolute Gasteiger partial charge is 0.464 e. The molecule has 1 aliphatic heterocycles. The van der Waals surface area contributed by atoms with Crippen LogP contribution in [0.1, 0.15) is 32.3 Å². The molecule has 1 saturated heterocycles. The van der Waals surface area contributed by atoms with Crippen LogP contribution >= 0.6 is 0 Å². The number of benzene rings is 1. The maximum Gasteiger partial charge on any atom is 0.331 e. The first-order valence-corrected chi connectivity index (χ1v) is 7.70. The summed E-state index contributed by atoms with van der Waals surface area (Å²) in [5.41, 5.74) is 1.55. The zero-order valence-electron chi connectivity index (χ0n) is 13.5. The lowest BCUT2D eigenvalue weighted by Gasteiger charge is -2.43. The van der Waals surface area contributed by atoms with E-state index in [9.17, 15) is 4.79 Å². The minimum absolute atomic E-state index is 0.131. The highest BCUT2D eigenvalue weighted by Gasteiger charge is 2.44. The van der Waals surface area contributed by atoms with E-state index in [1.807, 2.05) is 25.1 Å². The van der Waals surface area contributed by atoms with Gasteiger partial charge in [-0.1, -0.05) is 18.2 Å². The molecule has 1 N–H and O–H groups in total. The van der Waals surface area contributed by atoms with E-state index < -0.39 is 5.54 Å². The van der Waals surface area contributed by atoms with Gasteiger partial charge in [0.2, 0.25) is 0 Å². The molecule has 0 radical (unpaired) electrons. The molecule has 1 aromatic carbocycles. The lowest BCUT2D eigenvalue weighted by atomic mass is 9.83. The number of carbonyl (C=O) groups is 1. The summed E-state index contributed by atoms with van der Waals surface area (Å²) in [6.07, 6.45) is 1.53. The highest BCUT2D eigenvalue weighted by molar-refractivity contribution is 5.85. The van der Waals surface area contributed by atoms with Gasteiger partial charge in [-0.3, -0.25) is 0 Å². The van der Waals surface area contributed by atoms with E-state index in [2.05, 4.69) is 37.2 Å². The molecule has 1 heterocycles. The van der Waals surface area contributed by atoms with E-state index in [1.54, 1.807) is 0 Å². The molecule has 0 bridgehead atoms. The lowest BCUT2D eigenvalue weighted by Crippen LogP contribution is -2.57. The summed E-state index contributed by atoms with van der Waals surface area (Å²) >= 11 is 0. The molecule has 116 valence electrons. The second-order valence-corrected chi connectivity index (χ2v) is 6.03. The van der Waals surface area contributed by atoms with E-state index in [1.165, 1.54) is 0 Å². The summed E-state index contributed by atoms with van der Waals surface area (Å²) in [6.45, 7) is 7.38. The van der Waals surface area contributed by atoms with Crippen LogP contribution in [-0.2, 0) is 9.53 Å². The molecule has 1 aliphatic rings. The quantitative estimate of drug-likeness (QED) is 0.866. The van der Waals surface area contributed by atoms with Crippen LogP contribution in [0.5, 0.6) is 0 Å². The molecule has 21 heavy (non-hydrogen) atoms. The Labute approximate surface area is 127 Å². The van der Waals surface area contributed by atoms with Crippen LogP contribution in [0, 0.1) is 6.92 Å². The zero-order chi connectivity index (χ0) is 15.5. The van der Waals surface area contributed by atoms with Gasteiger partial charge in [0, 0.05) is 18.3 Å². The monoisotopic (exact) mass is 290 g/mol. The minimum atomic E-state index is -0.617. The fourth-order valence-corrected chi connectivity index (χ4v) is 2.94. The number of ether oxygens (including phenoxy) is 1. The summed E-state index contributed by atoms with van der Waals surface area (Å²) in [7, 11) is 2.10. The summed E-state index contributed by atoms with van der Waals surface area (Å²) < 4.78 is 5.36. The number of nitrogens with zero attached hydrogens (tertiary/aromatic N) is 1. The van der Waals surface area contributed by atoms with E-state index >= 15 is 0 Å². The first kappa shape index (κ1) is 15.8. The van der Waals surface area contributed by atoms with Crippen molar-refractivity contribution in [3.63, 3.8) is 0 Å². The summed E-state index contributed by atoms with van der Waals surface area (Å²) in [4.78, 5) is 14.9. The van der Waals surface area contributed by atoms with Crippen LogP contribution in [0.15, 0.2) is 24.3 Å². The van der Waals surface area contributed by atoms with E-state index in [0.717, 1.165) is 30.6 Å². The molecule has 1 aromatic rings. The fourth-order valence-electron chi connectivity index (χ4n) is 2.94. The SMILES string of the molecule is CCOC(=O)C1(Nc2ccccc2C)CCN(C)C(C)C1. The molecule has 0 saturated carbocycles. The Morgan fingerprint density at radius 2 is 2.19 bits per heavy atom. The molecule has 2 rings (SSSR count). The number of para-hydroxylation sites is 1. The number of carbonyl (C=O) groups excluding carboxylic acids is 1. The average molecular weight is 290 g/mol. The standard InChI is InChI=1S/C17H26N2O2/c1-5-21-16(20)17(10-11-19(4)14(3)12-17)18-15-9-7-6-8-13(15)2/h6-9,14,18H,5,10-12H2,1-4H3. The molecule has 2 unspecified atom stereocenters. The van der Waals surface area contributed by atoms with E-state index in [0.29, 0.717) is 12.6 Å². The highest BCUT2D eigenvalue weighted by atomic mass is 16.5. The zero-order valence-corrected chi connectivity index (χ0v) is 13.5. The van der Waals surface area contributed by atoms with Crippen molar-refractivity contribution in [3.8, 4) is 0 Å². The minimum Gasteiger partial charge on any atom is -0.464 e. The number of anilines is 1. The third kappa shape index (κ3) is 3.38.